The van der Waals surface area contributed by atoms with Gasteiger partial charge in [0.15, 0.2) is 5.60 Å². The molecule has 2 aliphatic rings. The molecular formula is C22H34N2O2Si. The lowest BCUT2D eigenvalue weighted by Gasteiger charge is -2.48. The van der Waals surface area contributed by atoms with Crippen LogP contribution in [0.15, 0.2) is 17.1 Å². The zero-order valence-electron chi connectivity index (χ0n) is 18.1. The summed E-state index contributed by atoms with van der Waals surface area (Å²) in [4.78, 5) is 18.7. The molecule has 2 aliphatic heterocycles. The van der Waals surface area contributed by atoms with Gasteiger partial charge in [0.2, 0.25) is 14.1 Å². The second-order valence-corrected chi connectivity index (χ2v) is 14.5. The number of nitrogens with zero attached hydrogens (tertiary/aromatic N) is 1. The third-order valence-electron chi connectivity index (χ3n) is 6.67. The third kappa shape index (κ3) is 2.90. The smallest absolute Gasteiger partial charge is 0.203 e. The second-order valence-electron chi connectivity index (χ2n) is 9.17. The molecule has 0 radical (unpaired) electrons. The molecule has 0 spiro atoms. The molecule has 148 valence electrons. The Kier molecular flexibility index (Phi) is 5.15. The van der Waals surface area contributed by atoms with Gasteiger partial charge in [0.25, 0.3) is 0 Å². The van der Waals surface area contributed by atoms with E-state index in [-0.39, 0.29) is 5.78 Å². The molecule has 1 atom stereocenters. The molecule has 1 aromatic carbocycles. The summed E-state index contributed by atoms with van der Waals surface area (Å²) in [6.45, 7) is 18.4. The molecule has 27 heavy (non-hydrogen) atoms. The average Bonchev–Trinajstić information content (AvgIpc) is 2.98. The molecule has 0 bridgehead atoms. The number of hydrogen-bond acceptors (Lipinski definition) is 4. The van der Waals surface area contributed by atoms with Gasteiger partial charge in [-0.15, -0.1) is 0 Å². The van der Waals surface area contributed by atoms with Gasteiger partial charge in [0.05, 0.1) is 5.69 Å². The maximum Gasteiger partial charge on any atom is 0.203 e. The van der Waals surface area contributed by atoms with Crippen LogP contribution < -0.4 is 5.32 Å². The Bertz CT molecular complexity index is 776. The number of fused-ring (bicyclic) bond motifs is 2. The first-order valence-electron chi connectivity index (χ1n) is 10.3. The Morgan fingerprint density at radius 3 is 2.15 bits per heavy atom. The predicted molar refractivity (Wildman–Crippen MR) is 115 cm³/mol. The monoisotopic (exact) mass is 386 g/mol. The van der Waals surface area contributed by atoms with E-state index < -0.39 is 13.9 Å². The van der Waals surface area contributed by atoms with Gasteiger partial charge >= 0.3 is 0 Å². The predicted octanol–water partition coefficient (Wildman–Crippen LogP) is 5.45. The Morgan fingerprint density at radius 1 is 1.04 bits per heavy atom. The number of benzene rings is 1. The van der Waals surface area contributed by atoms with Gasteiger partial charge in [-0.2, -0.15) is 0 Å². The summed E-state index contributed by atoms with van der Waals surface area (Å²) in [6, 6.07) is 4.03. The number of carbonyl (C=O) groups excluding carboxylic acids is 1. The fourth-order valence-electron chi connectivity index (χ4n) is 5.18. The molecule has 2 heterocycles. The largest absolute Gasteiger partial charge is 0.397 e. The van der Waals surface area contributed by atoms with Gasteiger partial charge in [0.1, 0.15) is 5.84 Å². The van der Waals surface area contributed by atoms with Crippen LogP contribution in [0.25, 0.3) is 0 Å². The van der Waals surface area contributed by atoms with Gasteiger partial charge < -0.3 is 9.74 Å². The number of amidine groups is 1. The highest BCUT2D eigenvalue weighted by Gasteiger charge is 2.58. The van der Waals surface area contributed by atoms with Crippen molar-refractivity contribution in [3.8, 4) is 0 Å². The molecule has 1 N–H and O–H groups in total. The van der Waals surface area contributed by atoms with Crippen molar-refractivity contribution in [2.24, 2.45) is 4.99 Å². The standard InChI is InChI=1S/C22H34N2O2Si/c1-13(2)27(14(3)4,15(5)6)26-22-9-10-23-21(22)24-19-12-17(8)16(7)11-18(19)20(22)25/h11-15H,9-10H2,1-8H3,(H,23,24)/t22-/m1/s1. The Morgan fingerprint density at radius 2 is 1.59 bits per heavy atom. The lowest BCUT2D eigenvalue weighted by molar-refractivity contribution is 0.0622. The average molecular weight is 387 g/mol. The van der Waals surface area contributed by atoms with E-state index in [9.17, 15) is 4.79 Å². The van der Waals surface area contributed by atoms with Crippen LogP contribution in [-0.2, 0) is 4.43 Å². The van der Waals surface area contributed by atoms with Crippen molar-refractivity contribution in [1.29, 1.82) is 0 Å². The Balaban J connectivity index is 2.16. The summed E-state index contributed by atoms with van der Waals surface area (Å²) >= 11 is 0. The third-order valence-corrected chi connectivity index (χ3v) is 12.8. The number of rotatable bonds is 5. The maximum absolute atomic E-state index is 13.8. The summed E-state index contributed by atoms with van der Waals surface area (Å²) in [5, 5.41) is 3.37. The minimum Gasteiger partial charge on any atom is -0.397 e. The minimum absolute atomic E-state index is 0.0921. The zero-order chi connectivity index (χ0) is 20.1. The second kappa shape index (κ2) is 6.85. The molecule has 5 heteroatoms. The fraction of sp³-hybridized carbons (Fsp3) is 0.636. The molecule has 3 rings (SSSR count). The van der Waals surface area contributed by atoms with E-state index in [2.05, 4.69) is 60.7 Å². The van der Waals surface area contributed by atoms with E-state index in [0.29, 0.717) is 28.6 Å². The number of nitrogens with one attached hydrogen (secondary N) is 1. The molecule has 0 amide bonds. The van der Waals surface area contributed by atoms with Gasteiger partial charge in [-0.3, -0.25) is 4.79 Å². The number of aryl methyl sites for hydroxylation is 2. The van der Waals surface area contributed by atoms with E-state index >= 15 is 0 Å². The van der Waals surface area contributed by atoms with Crippen LogP contribution >= 0.6 is 0 Å². The molecular weight excluding hydrogens is 352 g/mol. The van der Waals surface area contributed by atoms with Crippen molar-refractivity contribution in [2.75, 3.05) is 6.54 Å². The van der Waals surface area contributed by atoms with E-state index in [4.69, 9.17) is 9.42 Å². The van der Waals surface area contributed by atoms with Crippen molar-refractivity contribution in [3.63, 3.8) is 0 Å². The molecule has 1 saturated heterocycles. The highest BCUT2D eigenvalue weighted by molar-refractivity contribution is 6.78. The number of hydrogen-bond donors (Lipinski definition) is 1. The highest BCUT2D eigenvalue weighted by Crippen LogP contribution is 2.48. The first-order valence-corrected chi connectivity index (χ1v) is 12.4. The summed E-state index contributed by atoms with van der Waals surface area (Å²) in [5.74, 6) is 0.816. The zero-order valence-corrected chi connectivity index (χ0v) is 19.1. The Hall–Kier alpha value is -1.46. The van der Waals surface area contributed by atoms with Crippen molar-refractivity contribution in [3.05, 3.63) is 28.8 Å². The summed E-state index contributed by atoms with van der Waals surface area (Å²) in [5.41, 5.74) is 4.10. The molecule has 0 aliphatic carbocycles. The maximum atomic E-state index is 13.8. The minimum atomic E-state index is -2.24. The number of carbonyl (C=O) groups is 1. The van der Waals surface area contributed by atoms with Gasteiger partial charge in [-0.1, -0.05) is 41.5 Å². The van der Waals surface area contributed by atoms with Gasteiger partial charge in [-0.05, 0) is 53.7 Å². The Labute approximate surface area is 164 Å². The normalized spacial score (nSPS) is 22.2. The number of Topliss-reactive ketones (excluding diaryl/α,β-unsaturated/α-hetero) is 1. The summed E-state index contributed by atoms with van der Waals surface area (Å²) in [6.07, 6.45) is 0.665. The lowest BCUT2D eigenvalue weighted by Crippen LogP contribution is -2.60. The van der Waals surface area contributed by atoms with Crippen LogP contribution in [-0.4, -0.2) is 32.1 Å². The van der Waals surface area contributed by atoms with Crippen molar-refractivity contribution >= 4 is 25.6 Å². The summed E-state index contributed by atoms with van der Waals surface area (Å²) < 4.78 is 7.11. The summed E-state index contributed by atoms with van der Waals surface area (Å²) in [7, 11) is -2.24. The van der Waals surface area contributed by atoms with Crippen LogP contribution in [0.5, 0.6) is 0 Å². The van der Waals surface area contributed by atoms with E-state index in [1.807, 2.05) is 12.1 Å². The van der Waals surface area contributed by atoms with Crippen molar-refractivity contribution in [2.45, 2.75) is 84.0 Å². The molecule has 1 fully saturated rings. The van der Waals surface area contributed by atoms with E-state index in [1.165, 1.54) is 0 Å². The molecule has 0 aromatic heterocycles. The van der Waals surface area contributed by atoms with Crippen LogP contribution in [0.1, 0.15) is 69.4 Å². The van der Waals surface area contributed by atoms with Crippen LogP contribution in [0.3, 0.4) is 0 Å². The molecule has 4 nitrogen and oxygen atoms in total. The topological polar surface area (TPSA) is 50.7 Å². The van der Waals surface area contributed by atoms with Crippen LogP contribution in [0.4, 0.5) is 5.69 Å². The molecule has 1 aromatic rings. The van der Waals surface area contributed by atoms with Crippen molar-refractivity contribution in [1.82, 2.24) is 5.32 Å². The number of aliphatic imine (C=N–C) groups is 1. The van der Waals surface area contributed by atoms with Crippen LogP contribution in [0.2, 0.25) is 16.6 Å². The van der Waals surface area contributed by atoms with Crippen molar-refractivity contribution < 1.29 is 9.22 Å². The van der Waals surface area contributed by atoms with Gasteiger partial charge in [0, 0.05) is 18.5 Å². The fourth-order valence-corrected chi connectivity index (χ4v) is 10.8. The SMILES string of the molecule is Cc1cc2c(cc1C)C(=O)[C@]1(O[Si](C(C)C)(C(C)C)C(C)C)CCNC1=N2. The van der Waals surface area contributed by atoms with E-state index in [1.54, 1.807) is 0 Å². The lowest BCUT2D eigenvalue weighted by atomic mass is 9.86. The number of ketones is 1. The van der Waals surface area contributed by atoms with Crippen LogP contribution in [0, 0.1) is 13.8 Å². The molecule has 0 saturated carbocycles. The molecule has 0 unspecified atom stereocenters. The first-order chi connectivity index (χ1) is 12.6. The van der Waals surface area contributed by atoms with Gasteiger partial charge in [-0.25, -0.2) is 4.99 Å². The van der Waals surface area contributed by atoms with E-state index in [0.717, 1.165) is 29.2 Å². The first kappa shape index (κ1) is 20.3. The highest BCUT2D eigenvalue weighted by atomic mass is 28.4. The quantitative estimate of drug-likeness (QED) is 0.684.